The molecule has 1 aromatic rings. The zero-order valence-corrected chi connectivity index (χ0v) is 12.8. The van der Waals surface area contributed by atoms with E-state index in [4.69, 9.17) is 9.47 Å². The number of ether oxygens (including phenoxy) is 2. The topological polar surface area (TPSA) is 55.8 Å². The van der Waals surface area contributed by atoms with Crippen LogP contribution in [0.4, 0.5) is 5.69 Å². The first-order valence-electron chi connectivity index (χ1n) is 7.75. The van der Waals surface area contributed by atoms with E-state index in [9.17, 15) is 9.59 Å². The third kappa shape index (κ3) is 1.65. The van der Waals surface area contributed by atoms with Gasteiger partial charge in [0.25, 0.3) is 5.79 Å². The van der Waals surface area contributed by atoms with Crippen molar-refractivity contribution in [3.8, 4) is 0 Å². The SMILES string of the molecule is CC1(C)OC(=O)C2(Cc3ccccc3N3CCC[C@@H]32)C(=O)O1. The number of para-hydroxylation sites is 1. The van der Waals surface area contributed by atoms with Crippen LogP contribution in [0.3, 0.4) is 0 Å². The molecule has 116 valence electrons. The van der Waals surface area contributed by atoms with Crippen LogP contribution in [0, 0.1) is 5.41 Å². The number of hydrogen-bond donors (Lipinski definition) is 0. The van der Waals surface area contributed by atoms with E-state index in [1.54, 1.807) is 13.8 Å². The van der Waals surface area contributed by atoms with E-state index in [1.807, 2.05) is 18.2 Å². The van der Waals surface area contributed by atoms with Gasteiger partial charge in [-0.25, -0.2) is 0 Å². The summed E-state index contributed by atoms with van der Waals surface area (Å²) in [7, 11) is 0. The van der Waals surface area contributed by atoms with Crippen LogP contribution in [-0.2, 0) is 25.5 Å². The second-order valence-corrected chi connectivity index (χ2v) is 6.81. The maximum Gasteiger partial charge on any atom is 0.329 e. The summed E-state index contributed by atoms with van der Waals surface area (Å²) in [5.74, 6) is -2.07. The van der Waals surface area contributed by atoms with E-state index in [2.05, 4.69) is 11.0 Å². The van der Waals surface area contributed by atoms with Gasteiger partial charge in [-0.3, -0.25) is 9.59 Å². The van der Waals surface area contributed by atoms with Crippen LogP contribution in [0.2, 0.25) is 0 Å². The number of cyclic esters (lactones) is 2. The van der Waals surface area contributed by atoms with Crippen molar-refractivity contribution in [1.82, 2.24) is 0 Å². The number of anilines is 1. The molecule has 1 atom stereocenters. The molecule has 0 unspecified atom stereocenters. The fourth-order valence-electron chi connectivity index (χ4n) is 4.08. The minimum absolute atomic E-state index is 0.168. The maximum atomic E-state index is 12.8. The Morgan fingerprint density at radius 1 is 1.14 bits per heavy atom. The standard InChI is InChI=1S/C17H19NO4/c1-16(2)21-14(19)17(15(20)22-16)10-11-6-3-4-7-12(11)18-9-5-8-13(17)18/h3-4,6-7,13H,5,8-10H2,1-2H3/t13-/m1/s1. The molecule has 0 aliphatic carbocycles. The second-order valence-electron chi connectivity index (χ2n) is 6.81. The predicted octanol–water partition coefficient (Wildman–Crippen LogP) is 2.03. The van der Waals surface area contributed by atoms with Gasteiger partial charge in [0.2, 0.25) is 0 Å². The summed E-state index contributed by atoms with van der Waals surface area (Å²) in [6, 6.07) is 7.80. The lowest BCUT2D eigenvalue weighted by atomic mass is 9.70. The monoisotopic (exact) mass is 301 g/mol. The Kier molecular flexibility index (Phi) is 2.63. The van der Waals surface area contributed by atoms with Gasteiger partial charge in [-0.1, -0.05) is 18.2 Å². The first kappa shape index (κ1) is 13.6. The normalized spacial score (nSPS) is 27.9. The van der Waals surface area contributed by atoms with Gasteiger partial charge in [-0.05, 0) is 24.5 Å². The summed E-state index contributed by atoms with van der Waals surface area (Å²) in [6.07, 6.45) is 2.13. The lowest BCUT2D eigenvalue weighted by Crippen LogP contribution is -2.64. The third-order valence-corrected chi connectivity index (χ3v) is 5.00. The molecule has 0 saturated carbocycles. The summed E-state index contributed by atoms with van der Waals surface area (Å²) in [5.41, 5.74) is 0.913. The fraction of sp³-hybridized carbons (Fsp3) is 0.529. The first-order chi connectivity index (χ1) is 10.4. The number of carbonyl (C=O) groups is 2. The van der Waals surface area contributed by atoms with Crippen molar-refractivity contribution in [2.45, 2.75) is 44.9 Å². The van der Waals surface area contributed by atoms with Gasteiger partial charge >= 0.3 is 11.9 Å². The van der Waals surface area contributed by atoms with Gasteiger partial charge in [0.05, 0.1) is 6.04 Å². The largest absolute Gasteiger partial charge is 0.422 e. The molecule has 4 rings (SSSR count). The van der Waals surface area contributed by atoms with E-state index in [0.717, 1.165) is 30.6 Å². The van der Waals surface area contributed by atoms with Gasteiger partial charge in [0.1, 0.15) is 0 Å². The maximum absolute atomic E-state index is 12.8. The van der Waals surface area contributed by atoms with Crippen LogP contribution in [-0.4, -0.2) is 30.3 Å². The van der Waals surface area contributed by atoms with Crippen molar-refractivity contribution in [3.05, 3.63) is 29.8 Å². The molecule has 0 amide bonds. The number of benzene rings is 1. The highest BCUT2D eigenvalue weighted by molar-refractivity contribution is 6.04. The Hall–Kier alpha value is -2.04. The van der Waals surface area contributed by atoms with Crippen molar-refractivity contribution in [2.24, 2.45) is 5.41 Å². The van der Waals surface area contributed by atoms with Gasteiger partial charge in [0, 0.05) is 32.5 Å². The van der Waals surface area contributed by atoms with Crippen LogP contribution in [0.5, 0.6) is 0 Å². The summed E-state index contributed by atoms with van der Waals surface area (Å²) in [6.45, 7) is 4.05. The summed E-state index contributed by atoms with van der Waals surface area (Å²) in [5, 5.41) is 0. The molecule has 3 aliphatic heterocycles. The van der Waals surface area contributed by atoms with E-state index in [-0.39, 0.29) is 6.04 Å². The number of hydrogen-bond acceptors (Lipinski definition) is 5. The van der Waals surface area contributed by atoms with Crippen LogP contribution in [0.15, 0.2) is 24.3 Å². The van der Waals surface area contributed by atoms with E-state index >= 15 is 0 Å². The van der Waals surface area contributed by atoms with Crippen molar-refractivity contribution in [1.29, 1.82) is 0 Å². The van der Waals surface area contributed by atoms with Gasteiger partial charge in [-0.2, -0.15) is 0 Å². The van der Waals surface area contributed by atoms with Crippen molar-refractivity contribution in [2.75, 3.05) is 11.4 Å². The number of nitrogens with zero attached hydrogens (tertiary/aromatic N) is 1. The molecule has 5 heteroatoms. The van der Waals surface area contributed by atoms with Crippen molar-refractivity contribution >= 4 is 17.6 Å². The fourth-order valence-corrected chi connectivity index (χ4v) is 4.08. The Bertz CT molecular complexity index is 646. The molecule has 2 saturated heterocycles. The van der Waals surface area contributed by atoms with Crippen molar-refractivity contribution < 1.29 is 19.1 Å². The minimum atomic E-state index is -1.22. The molecule has 2 fully saturated rings. The van der Waals surface area contributed by atoms with Crippen molar-refractivity contribution in [3.63, 3.8) is 0 Å². The van der Waals surface area contributed by atoms with Crippen LogP contribution in [0.1, 0.15) is 32.3 Å². The molecule has 0 aromatic heterocycles. The van der Waals surface area contributed by atoms with Gasteiger partial charge in [-0.15, -0.1) is 0 Å². The highest BCUT2D eigenvalue weighted by atomic mass is 16.7. The zero-order chi connectivity index (χ0) is 15.5. The molecule has 3 heterocycles. The van der Waals surface area contributed by atoms with Crippen LogP contribution >= 0.6 is 0 Å². The highest BCUT2D eigenvalue weighted by Crippen LogP contribution is 2.49. The molecule has 3 aliphatic rings. The average Bonchev–Trinajstić information content (AvgIpc) is 2.93. The molecule has 0 radical (unpaired) electrons. The zero-order valence-electron chi connectivity index (χ0n) is 12.8. The molecular weight excluding hydrogens is 282 g/mol. The summed E-state index contributed by atoms with van der Waals surface area (Å²) in [4.78, 5) is 27.8. The predicted molar refractivity (Wildman–Crippen MR) is 79.2 cm³/mol. The lowest BCUT2D eigenvalue weighted by Gasteiger charge is -2.49. The van der Waals surface area contributed by atoms with Gasteiger partial charge < -0.3 is 14.4 Å². The molecule has 22 heavy (non-hydrogen) atoms. The molecule has 5 nitrogen and oxygen atoms in total. The minimum Gasteiger partial charge on any atom is -0.422 e. The van der Waals surface area contributed by atoms with E-state index in [1.165, 1.54) is 0 Å². The van der Waals surface area contributed by atoms with Gasteiger partial charge in [0.15, 0.2) is 5.41 Å². The molecule has 0 N–H and O–H groups in total. The second kappa shape index (κ2) is 4.24. The lowest BCUT2D eigenvalue weighted by molar-refractivity contribution is -0.252. The van der Waals surface area contributed by atoms with E-state index < -0.39 is 23.1 Å². The van der Waals surface area contributed by atoms with Crippen LogP contribution in [0.25, 0.3) is 0 Å². The Labute approximate surface area is 129 Å². The molecule has 1 spiro atoms. The molecule has 1 aromatic carbocycles. The average molecular weight is 301 g/mol. The Morgan fingerprint density at radius 3 is 2.55 bits per heavy atom. The van der Waals surface area contributed by atoms with Crippen LogP contribution < -0.4 is 4.90 Å². The summed E-state index contributed by atoms with van der Waals surface area (Å²) < 4.78 is 10.9. The first-order valence-corrected chi connectivity index (χ1v) is 7.75. The molecule has 0 bridgehead atoms. The Balaban J connectivity index is 1.85. The van der Waals surface area contributed by atoms with E-state index in [0.29, 0.717) is 6.42 Å². The number of rotatable bonds is 0. The third-order valence-electron chi connectivity index (χ3n) is 5.00. The smallest absolute Gasteiger partial charge is 0.329 e. The Morgan fingerprint density at radius 2 is 1.82 bits per heavy atom. The quantitative estimate of drug-likeness (QED) is 0.542. The summed E-state index contributed by atoms with van der Waals surface area (Å²) >= 11 is 0. The highest BCUT2D eigenvalue weighted by Gasteiger charge is 2.64. The molecular formula is C17H19NO4. The number of esters is 2. The number of carbonyl (C=O) groups excluding carboxylic acids is 2. The number of fused-ring (bicyclic) bond motifs is 4.